The van der Waals surface area contributed by atoms with E-state index < -0.39 is 18.2 Å². The Bertz CT molecular complexity index is 1460. The SMILES string of the molecule is Cc1cccc(CN2C(=O)O[C@H](c3ccc(NC(=O)c4cccnc4)cc3)[C@@H]2C(=O)NCc2cccnc2)c1. The highest BCUT2D eigenvalue weighted by Crippen LogP contribution is 2.34. The molecule has 2 aromatic heterocycles. The minimum absolute atomic E-state index is 0.223. The fourth-order valence-corrected chi connectivity index (χ4v) is 4.47. The molecule has 9 nitrogen and oxygen atoms in total. The van der Waals surface area contributed by atoms with E-state index in [9.17, 15) is 14.4 Å². The number of anilines is 1. The highest BCUT2D eigenvalue weighted by Gasteiger charge is 2.46. The monoisotopic (exact) mass is 521 g/mol. The van der Waals surface area contributed by atoms with Crippen molar-refractivity contribution in [3.63, 3.8) is 0 Å². The fourth-order valence-electron chi connectivity index (χ4n) is 4.47. The number of hydrogen-bond acceptors (Lipinski definition) is 6. The second-order valence-corrected chi connectivity index (χ2v) is 9.26. The van der Waals surface area contributed by atoms with Crippen LogP contribution in [0.1, 0.15) is 38.7 Å². The van der Waals surface area contributed by atoms with Crippen LogP contribution in [-0.4, -0.2) is 38.8 Å². The Hall–Kier alpha value is -5.05. The van der Waals surface area contributed by atoms with Crippen LogP contribution < -0.4 is 10.6 Å². The van der Waals surface area contributed by atoms with Crippen molar-refractivity contribution in [3.05, 3.63) is 125 Å². The summed E-state index contributed by atoms with van der Waals surface area (Å²) in [6, 6.07) is 20.8. The van der Waals surface area contributed by atoms with Gasteiger partial charge in [-0.1, -0.05) is 48.0 Å². The van der Waals surface area contributed by atoms with E-state index in [0.29, 0.717) is 16.8 Å². The van der Waals surface area contributed by atoms with E-state index in [4.69, 9.17) is 4.74 Å². The summed E-state index contributed by atoms with van der Waals surface area (Å²) in [6.07, 6.45) is 5.02. The van der Waals surface area contributed by atoms with Gasteiger partial charge in [-0.2, -0.15) is 0 Å². The first-order valence-corrected chi connectivity index (χ1v) is 12.5. The van der Waals surface area contributed by atoms with Crippen molar-refractivity contribution in [2.24, 2.45) is 0 Å². The van der Waals surface area contributed by atoms with Gasteiger partial charge in [-0.3, -0.25) is 24.5 Å². The number of aryl methyl sites for hydroxylation is 1. The Morgan fingerprint density at radius 3 is 2.36 bits per heavy atom. The zero-order chi connectivity index (χ0) is 27.2. The lowest BCUT2D eigenvalue weighted by Crippen LogP contribution is -2.46. The maximum Gasteiger partial charge on any atom is 0.411 e. The molecule has 1 fully saturated rings. The number of benzene rings is 2. The van der Waals surface area contributed by atoms with Crippen molar-refractivity contribution in [2.45, 2.75) is 32.2 Å². The van der Waals surface area contributed by atoms with E-state index in [2.05, 4.69) is 20.6 Å². The van der Waals surface area contributed by atoms with E-state index >= 15 is 0 Å². The maximum absolute atomic E-state index is 13.5. The highest BCUT2D eigenvalue weighted by molar-refractivity contribution is 6.04. The van der Waals surface area contributed by atoms with Crippen LogP contribution in [0.2, 0.25) is 0 Å². The molecule has 9 heteroatoms. The summed E-state index contributed by atoms with van der Waals surface area (Å²) in [4.78, 5) is 48.6. The molecule has 1 aliphatic heterocycles. The number of pyridine rings is 2. The number of ether oxygens (including phenoxy) is 1. The van der Waals surface area contributed by atoms with Gasteiger partial charge in [0.15, 0.2) is 12.1 Å². The van der Waals surface area contributed by atoms with Gasteiger partial charge in [0.2, 0.25) is 5.91 Å². The molecule has 0 radical (unpaired) electrons. The zero-order valence-corrected chi connectivity index (χ0v) is 21.3. The lowest BCUT2D eigenvalue weighted by Gasteiger charge is -2.24. The van der Waals surface area contributed by atoms with Crippen LogP contribution in [0.3, 0.4) is 0 Å². The van der Waals surface area contributed by atoms with Crippen molar-refractivity contribution in [3.8, 4) is 0 Å². The van der Waals surface area contributed by atoms with Crippen LogP contribution in [0.4, 0.5) is 10.5 Å². The van der Waals surface area contributed by atoms with Gasteiger partial charge in [0.05, 0.1) is 12.1 Å². The second kappa shape index (κ2) is 11.6. The number of hydrogen-bond donors (Lipinski definition) is 2. The summed E-state index contributed by atoms with van der Waals surface area (Å²) in [6.45, 7) is 2.46. The largest absolute Gasteiger partial charge is 0.438 e. The summed E-state index contributed by atoms with van der Waals surface area (Å²) < 4.78 is 5.76. The first-order chi connectivity index (χ1) is 19.0. The van der Waals surface area contributed by atoms with Crippen molar-refractivity contribution >= 4 is 23.6 Å². The van der Waals surface area contributed by atoms with Crippen molar-refractivity contribution < 1.29 is 19.1 Å². The van der Waals surface area contributed by atoms with Crippen LogP contribution in [-0.2, 0) is 22.6 Å². The van der Waals surface area contributed by atoms with E-state index in [-0.39, 0.29) is 24.9 Å². The molecular weight excluding hydrogens is 494 g/mol. The van der Waals surface area contributed by atoms with Gasteiger partial charge in [0.1, 0.15) is 0 Å². The molecule has 0 bridgehead atoms. The fraction of sp³-hybridized carbons (Fsp3) is 0.167. The number of carbonyl (C=O) groups excluding carboxylic acids is 3. The quantitative estimate of drug-likeness (QED) is 0.355. The number of nitrogens with one attached hydrogen (secondary N) is 2. The zero-order valence-electron chi connectivity index (χ0n) is 21.3. The Balaban J connectivity index is 1.37. The number of cyclic esters (lactones) is 1. The molecule has 3 heterocycles. The normalized spacial score (nSPS) is 16.4. The minimum atomic E-state index is -0.898. The number of rotatable bonds is 8. The van der Waals surface area contributed by atoms with Crippen LogP contribution in [0, 0.1) is 6.92 Å². The van der Waals surface area contributed by atoms with E-state index in [1.54, 1.807) is 61.1 Å². The van der Waals surface area contributed by atoms with E-state index in [0.717, 1.165) is 16.7 Å². The molecule has 2 aromatic carbocycles. The number of carbonyl (C=O) groups is 3. The van der Waals surface area contributed by atoms with Crippen LogP contribution >= 0.6 is 0 Å². The summed E-state index contributed by atoms with van der Waals surface area (Å²) in [5.74, 6) is -0.628. The Labute approximate surface area is 225 Å². The maximum atomic E-state index is 13.5. The molecule has 1 aliphatic rings. The first-order valence-electron chi connectivity index (χ1n) is 12.5. The molecule has 4 aromatic rings. The molecule has 0 aliphatic carbocycles. The molecule has 196 valence electrons. The molecule has 0 spiro atoms. The molecule has 2 atom stereocenters. The molecule has 1 saturated heterocycles. The van der Waals surface area contributed by atoms with Crippen molar-refractivity contribution in [1.29, 1.82) is 0 Å². The van der Waals surface area contributed by atoms with Gasteiger partial charge in [0.25, 0.3) is 5.91 Å². The molecule has 0 saturated carbocycles. The summed E-state index contributed by atoms with van der Waals surface area (Å²) in [5, 5.41) is 5.75. The van der Waals surface area contributed by atoms with Gasteiger partial charge >= 0.3 is 6.09 Å². The van der Waals surface area contributed by atoms with Gasteiger partial charge in [-0.15, -0.1) is 0 Å². The van der Waals surface area contributed by atoms with Gasteiger partial charge in [0, 0.05) is 37.0 Å². The Kier molecular flexibility index (Phi) is 7.58. The number of nitrogens with zero attached hydrogens (tertiary/aromatic N) is 3. The smallest absolute Gasteiger partial charge is 0.411 e. The number of aromatic nitrogens is 2. The van der Waals surface area contributed by atoms with Crippen LogP contribution in [0.15, 0.2) is 97.6 Å². The third kappa shape index (κ3) is 6.10. The summed E-state index contributed by atoms with van der Waals surface area (Å²) in [5.41, 5.74) is 4.42. The molecule has 5 rings (SSSR count). The first kappa shape index (κ1) is 25.6. The third-order valence-corrected chi connectivity index (χ3v) is 6.40. The molecular formula is C30H27N5O4. The van der Waals surface area contributed by atoms with E-state index in [1.165, 1.54) is 11.1 Å². The predicted octanol–water partition coefficient (Wildman–Crippen LogP) is 4.42. The predicted molar refractivity (Wildman–Crippen MR) is 144 cm³/mol. The van der Waals surface area contributed by atoms with Gasteiger partial charge < -0.3 is 15.4 Å². The van der Waals surface area contributed by atoms with Crippen molar-refractivity contribution in [2.75, 3.05) is 5.32 Å². The molecule has 39 heavy (non-hydrogen) atoms. The Morgan fingerprint density at radius 2 is 1.67 bits per heavy atom. The topological polar surface area (TPSA) is 114 Å². The lowest BCUT2D eigenvalue weighted by molar-refractivity contribution is -0.126. The molecule has 3 amide bonds. The van der Waals surface area contributed by atoms with Gasteiger partial charge in [-0.05, 0) is 53.9 Å². The minimum Gasteiger partial charge on any atom is -0.438 e. The molecule has 0 unspecified atom stereocenters. The Morgan fingerprint density at radius 1 is 0.923 bits per heavy atom. The number of amides is 3. The standard InChI is InChI=1S/C30H27N5O4/c1-20-5-2-6-21(15-20)19-35-26(29(37)33-17-22-7-3-13-31-16-22)27(39-30(35)38)23-9-11-25(12-10-23)34-28(36)24-8-4-14-32-18-24/h2-16,18,26-27H,17,19H2,1H3,(H,33,37)(H,34,36)/t26-,27-/m1/s1. The molecule has 2 N–H and O–H groups in total. The summed E-state index contributed by atoms with van der Waals surface area (Å²) in [7, 11) is 0. The van der Waals surface area contributed by atoms with Crippen molar-refractivity contribution in [1.82, 2.24) is 20.2 Å². The van der Waals surface area contributed by atoms with Gasteiger partial charge in [-0.25, -0.2) is 4.79 Å². The second-order valence-electron chi connectivity index (χ2n) is 9.26. The van der Waals surface area contributed by atoms with E-state index in [1.807, 2.05) is 37.3 Å². The van der Waals surface area contributed by atoms with Crippen LogP contribution in [0.25, 0.3) is 0 Å². The lowest BCUT2D eigenvalue weighted by atomic mass is 10.00. The average Bonchev–Trinajstić information content (AvgIpc) is 3.28. The highest BCUT2D eigenvalue weighted by atomic mass is 16.6. The average molecular weight is 522 g/mol. The summed E-state index contributed by atoms with van der Waals surface area (Å²) >= 11 is 0. The third-order valence-electron chi connectivity index (χ3n) is 6.40. The van der Waals surface area contributed by atoms with Crippen LogP contribution in [0.5, 0.6) is 0 Å².